The number of likely N-dealkylation sites (tertiary alicyclic amines) is 1. The zero-order valence-electron chi connectivity index (χ0n) is 78.3. The fourth-order valence-electron chi connectivity index (χ4n) is 16.9. The van der Waals surface area contributed by atoms with Crippen molar-refractivity contribution in [3.8, 4) is 5.75 Å². The molecule has 4 amide bonds. The van der Waals surface area contributed by atoms with Crippen molar-refractivity contribution in [3.05, 3.63) is 58.1 Å². The molecule has 2 aromatic rings. The van der Waals surface area contributed by atoms with Crippen LogP contribution in [-0.2, 0) is 194 Å². The number of aryl methyl sites for hydroxylation is 1. The number of ether oxygens (including phenoxy) is 14. The molecule has 8 rings (SSSR count). The van der Waals surface area contributed by atoms with Gasteiger partial charge in [0, 0.05) is 68.3 Å². The Morgan fingerprint density at radius 2 is 0.957 bits per heavy atom. The van der Waals surface area contributed by atoms with Gasteiger partial charge < -0.3 is 135 Å². The number of amides is 4. The number of carbonyl (C=O) groups is 6. The molecule has 2 aromatic carbocycles. The number of nitrogens with two attached hydrogens (primary N) is 1. The molecule has 806 valence electrons. The molecule has 0 saturated carbocycles. The van der Waals surface area contributed by atoms with Crippen LogP contribution in [-0.4, -0.2) is 360 Å². The number of carboxylic acid groups (broad SMARTS) is 2. The molecule has 6 aliphatic rings. The van der Waals surface area contributed by atoms with E-state index in [1.54, 1.807) is 56.9 Å². The van der Waals surface area contributed by atoms with E-state index in [0.717, 1.165) is 26.2 Å². The van der Waals surface area contributed by atoms with Crippen LogP contribution in [0.1, 0.15) is 122 Å². The maximum Gasteiger partial charge on any atom is 0.335 e. The topological polar surface area (TPSA) is 809 Å². The average Bonchev–Trinajstić information content (AvgIpc) is 0.749. The first kappa shape index (κ1) is 119. The Morgan fingerprint density at radius 3 is 1.48 bits per heavy atom. The summed E-state index contributed by atoms with van der Waals surface area (Å²) in [6.07, 6.45) is -36.3. The number of hydrogen-bond acceptors (Lipinski definition) is 48. The standard InChI is InChI=1S/C79H125N7O48S7/c1-39-33-54(115-12)40(2)44(6)70(39)135(95,96)85-52(72(89)84-53(73(90)86-24-14-13-15-25-86)34-50-18-20-51(21-19-50)71(80)81)35-59(88)82-22-16-17-58(87)83-23-26-116-27-28-117-29-30-118-31-32-119-61-41(3)45(7)76(124-55(61)36-120-136(97,98)99)127-63-42(4)47(9)78(131-67(63)74(91)92)129-65-57(38-122-138(103,104)105)125-79(69(134-141(112,113)114)66(65)133-140(109,110)111)128-64-43(5)46(8)77(130-68(64)75(93)94)126-62-48(10)60(132-139(106,107)108)49(11)123-56(62)37-121-137(100,101)102/h18-21,33,41-43,45-49,52-53,55-57,60-69,76-79,85H,13-17,22-32,34-38H2,1-12H3,(H3,80,81)(H,82,88)(H,83,87)(H,84,89)(H,91,92)(H,93,94)(H,97,98,99)(H,100,101,102)(H,103,104,105)(H,106,107,108)(H,109,110,111)(H,112,113,114)/p-7/t41-,42-,43-,45-,46-,47-,48-,49-,52+,53-,55-,56-,57-,60-,61+,62+,63+,64+,65-,66+,67+,68-,69-,76-,77-,78-,79-/m1/s1. The highest BCUT2D eigenvalue weighted by Gasteiger charge is 2.59. The van der Waals surface area contributed by atoms with Gasteiger partial charge in [0.15, 0.2) is 37.4 Å². The Bertz CT molecular complexity index is 5420. The van der Waals surface area contributed by atoms with Crippen LogP contribution >= 0.6 is 0 Å². The fraction of sp³-hybridized carbons (Fsp3) is 0.759. The Labute approximate surface area is 816 Å². The van der Waals surface area contributed by atoms with Crippen LogP contribution in [0.15, 0.2) is 35.2 Å². The third-order valence-electron chi connectivity index (χ3n) is 24.7. The van der Waals surface area contributed by atoms with Crippen LogP contribution in [0.2, 0.25) is 0 Å². The predicted molar refractivity (Wildman–Crippen MR) is 463 cm³/mol. The van der Waals surface area contributed by atoms with Crippen molar-refractivity contribution in [2.24, 2.45) is 47.2 Å². The van der Waals surface area contributed by atoms with E-state index in [-0.39, 0.29) is 94.9 Å². The monoisotopic (exact) mass is 2160 g/mol. The lowest BCUT2D eigenvalue weighted by Crippen LogP contribution is -2.67. The predicted octanol–water partition coefficient (Wildman–Crippen LogP) is -4.39. The summed E-state index contributed by atoms with van der Waals surface area (Å²) in [6, 6.07) is 5.06. The summed E-state index contributed by atoms with van der Waals surface area (Å²) in [7, 11) is -38.3. The number of carboxylic acids is 2. The molecule has 8 N–H and O–H groups in total. The first-order chi connectivity index (χ1) is 65.6. The summed E-state index contributed by atoms with van der Waals surface area (Å²) >= 11 is 0. The lowest BCUT2D eigenvalue weighted by atomic mass is 9.82. The van der Waals surface area contributed by atoms with Crippen molar-refractivity contribution in [2.45, 2.75) is 249 Å². The average molecular weight is 2160 g/mol. The third-order valence-corrected chi connectivity index (χ3v) is 29.1. The number of aliphatic carboxylic acids is 2. The zero-order chi connectivity index (χ0) is 105. The first-order valence-corrected chi connectivity index (χ1v) is 53.7. The van der Waals surface area contributed by atoms with Crippen molar-refractivity contribution in [1.29, 1.82) is 5.41 Å². The van der Waals surface area contributed by atoms with Gasteiger partial charge >= 0.3 is 5.97 Å². The molecule has 0 aliphatic carbocycles. The maximum atomic E-state index is 14.4. The number of benzene rings is 2. The van der Waals surface area contributed by atoms with Gasteiger partial charge in [-0.3, -0.25) is 49.7 Å². The van der Waals surface area contributed by atoms with E-state index in [0.29, 0.717) is 41.1 Å². The second-order valence-electron chi connectivity index (χ2n) is 34.5. The van der Waals surface area contributed by atoms with Crippen molar-refractivity contribution < 1.29 is 217 Å². The summed E-state index contributed by atoms with van der Waals surface area (Å²) in [5.74, 6) is -14.9. The van der Waals surface area contributed by atoms with E-state index in [1.807, 2.05) is 0 Å². The lowest BCUT2D eigenvalue weighted by Gasteiger charge is -2.52. The molecule has 27 atom stereocenters. The van der Waals surface area contributed by atoms with Crippen molar-refractivity contribution >= 4 is 114 Å². The number of amidine groups is 1. The van der Waals surface area contributed by atoms with Crippen molar-refractivity contribution in [3.63, 3.8) is 0 Å². The molecule has 0 radical (unpaired) electrons. The van der Waals surface area contributed by atoms with Crippen LogP contribution in [0.3, 0.4) is 0 Å². The van der Waals surface area contributed by atoms with E-state index in [2.05, 4.69) is 41.6 Å². The smallest absolute Gasteiger partial charge is 0.335 e. The Kier molecular flexibility index (Phi) is 44.1. The molecule has 0 aromatic heterocycles. The number of rotatable bonds is 54. The normalized spacial score (nSPS) is 29.9. The van der Waals surface area contributed by atoms with E-state index >= 15 is 0 Å². The SMILES string of the molecule is COc1cc(C)c(S(=O)(=O)N[C@@H](CC(=O)NCCCC(=O)NCCOCCOCCOCCO[C@H]2[C@H](C)[C@@H](C)[C@@H](O[C@H]3[C@H](C)[C@@H](C)[C@H](O[C@H]4[C@H](OS(=O)(=O)[O-])[C@@H](OS(=O)(=O)[O-])[C@@H](O[C@H]5[C@H](C)[C@@H](C)[C@H](O[C@H]6[C@H](C)[C@@H](OS(=O)(=O)[O-])[C@@H](C)O[C@@H]6COS(=O)(=O)[O-])O[C@H]5C(=O)[O-])O[C@@H]4COS(=O)(=O)[O-])O[C@@H]3C(=O)O)O[C@@H]2COS(=O)(=O)[O-])C(=O)N[C@H](Cc2ccc(C(=N)N)cc2)C(=O)N2CCCCC2)c(C)c1C. The Hall–Kier alpha value is -6.86. The summed E-state index contributed by atoms with van der Waals surface area (Å²) in [5, 5.41) is 39.8. The molecule has 55 nitrogen and oxygen atoms in total. The van der Waals surface area contributed by atoms with Crippen LogP contribution in [0.25, 0.3) is 0 Å². The van der Waals surface area contributed by atoms with Gasteiger partial charge in [0.2, 0.25) is 96.0 Å². The second kappa shape index (κ2) is 52.1. The van der Waals surface area contributed by atoms with Gasteiger partial charge in [0.05, 0.1) is 115 Å². The van der Waals surface area contributed by atoms with E-state index in [1.165, 1.54) is 54.7 Å². The molecular weight excluding hydrogens is 2040 g/mol. The highest BCUT2D eigenvalue weighted by atomic mass is 32.3. The van der Waals surface area contributed by atoms with Crippen LogP contribution < -0.4 is 36.2 Å². The highest BCUT2D eigenvalue weighted by Crippen LogP contribution is 2.45. The molecule has 6 aliphatic heterocycles. The molecule has 0 bridgehead atoms. The number of piperidine rings is 1. The minimum absolute atomic E-state index is 0.00794. The molecule has 6 heterocycles. The molecule has 6 fully saturated rings. The zero-order valence-corrected chi connectivity index (χ0v) is 84.1. The van der Waals surface area contributed by atoms with Gasteiger partial charge in [0.1, 0.15) is 72.5 Å². The van der Waals surface area contributed by atoms with Gasteiger partial charge in [-0.2, -0.15) is 4.72 Å². The number of nitrogen functional groups attached to an aromatic ring is 1. The molecule has 0 unspecified atom stereocenters. The van der Waals surface area contributed by atoms with Crippen molar-refractivity contribution in [1.82, 2.24) is 25.6 Å². The van der Waals surface area contributed by atoms with E-state index in [4.69, 9.17) is 81.6 Å². The van der Waals surface area contributed by atoms with Crippen LogP contribution in [0.4, 0.5) is 0 Å². The minimum atomic E-state index is -6.35. The summed E-state index contributed by atoms with van der Waals surface area (Å²) in [5.41, 5.74) is 7.81. The van der Waals surface area contributed by atoms with Gasteiger partial charge in [-0.25, -0.2) is 63.7 Å². The molecule has 6 saturated heterocycles. The van der Waals surface area contributed by atoms with Gasteiger partial charge in [-0.15, -0.1) is 0 Å². The lowest BCUT2D eigenvalue weighted by molar-refractivity contribution is -0.379. The quantitative estimate of drug-likeness (QED) is 0.0108. The van der Waals surface area contributed by atoms with Crippen LogP contribution in [0, 0.1) is 67.6 Å². The highest BCUT2D eigenvalue weighted by molar-refractivity contribution is 7.89. The Balaban J connectivity index is 0.827. The van der Waals surface area contributed by atoms with E-state index < -0.39 is 298 Å². The van der Waals surface area contributed by atoms with Crippen LogP contribution in [0.5, 0.6) is 5.75 Å². The number of sulfonamides is 1. The summed E-state index contributed by atoms with van der Waals surface area (Å²) < 4.78 is 359. The van der Waals surface area contributed by atoms with E-state index in [9.17, 15) is 125 Å². The fourth-order valence-corrected chi connectivity index (χ4v) is 21.1. The number of carbonyl (C=O) groups excluding carboxylic acids is 5. The summed E-state index contributed by atoms with van der Waals surface area (Å²) in [6.45, 7) is 12.1. The van der Waals surface area contributed by atoms with Gasteiger partial charge in [0.25, 0.3) is 0 Å². The minimum Gasteiger partial charge on any atom is -0.726 e. The third kappa shape index (κ3) is 36.0. The molecular formula is C79H118N7O48S7-7. The number of nitrogens with one attached hydrogen (secondary N) is 5. The Morgan fingerprint density at radius 1 is 0.504 bits per heavy atom. The van der Waals surface area contributed by atoms with Gasteiger partial charge in [-0.1, -0.05) is 72.7 Å². The molecule has 141 heavy (non-hydrogen) atoms. The molecule has 62 heteroatoms. The largest absolute Gasteiger partial charge is 0.726 e. The summed E-state index contributed by atoms with van der Waals surface area (Å²) in [4.78, 5) is 83.1. The number of methoxy groups -OCH3 is 1. The maximum absolute atomic E-state index is 14.4. The van der Waals surface area contributed by atoms with Crippen molar-refractivity contribution in [2.75, 3.05) is 99.4 Å². The first-order valence-electron chi connectivity index (χ1n) is 44.2. The van der Waals surface area contributed by atoms with Gasteiger partial charge in [-0.05, 0) is 99.5 Å². The second-order valence-corrected chi connectivity index (χ2v) is 42.3. The molecule has 0 spiro atoms. The number of nitrogens with zero attached hydrogens (tertiary/aromatic N) is 1. The number of hydrogen-bond donors (Lipinski definition) is 7.